The van der Waals surface area contributed by atoms with Crippen LogP contribution >= 0.6 is 0 Å². The first-order valence-corrected chi connectivity index (χ1v) is 6.02. The van der Waals surface area contributed by atoms with Gasteiger partial charge in [0, 0.05) is 6.04 Å². The first-order chi connectivity index (χ1) is 9.45. The van der Waals surface area contributed by atoms with Gasteiger partial charge in [0.15, 0.2) is 6.61 Å². The summed E-state index contributed by atoms with van der Waals surface area (Å²) < 4.78 is 27.2. The first kappa shape index (κ1) is 25.7. The fraction of sp³-hybridized carbons (Fsp3) is 0.400. The zero-order chi connectivity index (χ0) is 15.4. The van der Waals surface area contributed by atoms with Crippen molar-refractivity contribution in [3.63, 3.8) is 0 Å². The van der Waals surface area contributed by atoms with Crippen molar-refractivity contribution in [3.05, 3.63) is 43.3 Å². The van der Waals surface area contributed by atoms with E-state index in [1.54, 1.807) is 6.92 Å². The molecular formula is C15H21F2NO3W. The molecule has 124 valence electrons. The van der Waals surface area contributed by atoms with Crippen LogP contribution in [0.25, 0.3) is 0 Å². The molecule has 0 spiro atoms. The Morgan fingerprint density at radius 1 is 1.50 bits per heavy atom. The summed E-state index contributed by atoms with van der Waals surface area (Å²) >= 11 is 0. The SMILES string of the molecule is CC(CC(=O)OCC(F)F)NC=O.Cc1c[c-]ccc1.[CH3-].[W+2]. The fourth-order valence-electron chi connectivity index (χ4n) is 1.12. The average molecular weight is 485 g/mol. The Morgan fingerprint density at radius 3 is 2.50 bits per heavy atom. The van der Waals surface area contributed by atoms with Crippen LogP contribution < -0.4 is 5.32 Å². The van der Waals surface area contributed by atoms with Gasteiger partial charge in [-0.1, -0.05) is 6.92 Å². The molecule has 1 atom stereocenters. The summed E-state index contributed by atoms with van der Waals surface area (Å²) in [5.41, 5.74) is 1.27. The van der Waals surface area contributed by atoms with Gasteiger partial charge >= 0.3 is 27.0 Å². The van der Waals surface area contributed by atoms with Crippen LogP contribution in [0.2, 0.25) is 0 Å². The molecule has 1 amide bonds. The molecule has 1 aromatic rings. The topological polar surface area (TPSA) is 55.4 Å². The number of hydrogen-bond acceptors (Lipinski definition) is 3. The molecule has 0 fully saturated rings. The van der Waals surface area contributed by atoms with Gasteiger partial charge in [0.2, 0.25) is 6.41 Å². The van der Waals surface area contributed by atoms with Crippen LogP contribution in [0, 0.1) is 20.4 Å². The van der Waals surface area contributed by atoms with E-state index in [2.05, 4.69) is 29.1 Å². The second-order valence-corrected chi connectivity index (χ2v) is 4.04. The number of amides is 1. The summed E-state index contributed by atoms with van der Waals surface area (Å²) in [6.07, 6.45) is -2.32. The van der Waals surface area contributed by atoms with E-state index in [1.807, 2.05) is 18.2 Å². The Bertz CT molecular complexity index is 392. The van der Waals surface area contributed by atoms with Crippen molar-refractivity contribution in [2.24, 2.45) is 0 Å². The molecule has 1 N–H and O–H groups in total. The summed E-state index contributed by atoms with van der Waals surface area (Å²) in [4.78, 5) is 20.6. The standard InChI is InChI=1S/C7H11F2NO3.C7H7.CH3.W/c1-5(10-4-11)2-7(12)13-3-6(8)9;1-7-5-3-2-4-6-7;;/h4-6H,2-3H2,1H3,(H,10,11);2-3,5-6H,1H3;1H3;/q;2*-1;+2. The number of carbonyl (C=O) groups is 2. The van der Waals surface area contributed by atoms with Gasteiger partial charge < -0.3 is 17.5 Å². The molecule has 0 saturated carbocycles. The van der Waals surface area contributed by atoms with Gasteiger partial charge in [-0.05, 0) is 6.92 Å². The van der Waals surface area contributed by atoms with E-state index in [0.717, 1.165) is 0 Å². The smallest absolute Gasteiger partial charge is 0.460 e. The van der Waals surface area contributed by atoms with E-state index in [0.29, 0.717) is 6.41 Å². The Kier molecular flexibility index (Phi) is 18.8. The summed E-state index contributed by atoms with van der Waals surface area (Å²) in [6.45, 7) is 2.72. The largest absolute Gasteiger partial charge is 2.00 e. The molecule has 1 unspecified atom stereocenters. The van der Waals surface area contributed by atoms with Gasteiger partial charge in [0.1, 0.15) is 0 Å². The van der Waals surface area contributed by atoms with E-state index in [1.165, 1.54) is 5.56 Å². The van der Waals surface area contributed by atoms with Gasteiger partial charge in [-0.15, -0.1) is 0 Å². The summed E-state index contributed by atoms with van der Waals surface area (Å²) in [5.74, 6) is -0.748. The predicted molar refractivity (Wildman–Crippen MR) is 76.7 cm³/mol. The number of hydrogen-bond donors (Lipinski definition) is 1. The number of rotatable bonds is 6. The van der Waals surface area contributed by atoms with Gasteiger partial charge in [-0.2, -0.15) is 35.9 Å². The first-order valence-electron chi connectivity index (χ1n) is 6.02. The third-order valence-electron chi connectivity index (χ3n) is 2.06. The molecule has 4 nitrogen and oxygen atoms in total. The van der Waals surface area contributed by atoms with E-state index in [9.17, 15) is 18.4 Å². The summed E-state index contributed by atoms with van der Waals surface area (Å²) in [7, 11) is 0. The normalized spacial score (nSPS) is 10.0. The Balaban J connectivity index is -0.000000342. The van der Waals surface area contributed by atoms with Crippen LogP contribution in [0.4, 0.5) is 8.78 Å². The van der Waals surface area contributed by atoms with E-state index in [-0.39, 0.29) is 34.9 Å². The molecule has 1 rings (SSSR count). The molecular weight excluding hydrogens is 464 g/mol. The predicted octanol–water partition coefficient (Wildman–Crippen LogP) is 2.56. The zero-order valence-corrected chi connectivity index (χ0v) is 15.8. The molecule has 7 heteroatoms. The van der Waals surface area contributed by atoms with E-state index in [4.69, 9.17) is 0 Å². The van der Waals surface area contributed by atoms with Crippen molar-refractivity contribution in [1.82, 2.24) is 5.32 Å². The number of carbonyl (C=O) groups excluding carboxylic acids is 2. The Morgan fingerprint density at radius 2 is 2.14 bits per heavy atom. The molecule has 0 aliphatic rings. The molecule has 0 saturated heterocycles. The maximum atomic E-state index is 11.5. The van der Waals surface area contributed by atoms with Crippen LogP contribution in [-0.2, 0) is 35.4 Å². The zero-order valence-electron chi connectivity index (χ0n) is 12.8. The van der Waals surface area contributed by atoms with Gasteiger partial charge in [0.25, 0.3) is 6.43 Å². The van der Waals surface area contributed by atoms with Crippen LogP contribution in [0.15, 0.2) is 24.3 Å². The van der Waals surface area contributed by atoms with Crippen LogP contribution in [-0.4, -0.2) is 31.5 Å². The molecule has 1 aromatic carbocycles. The van der Waals surface area contributed by atoms with Crippen molar-refractivity contribution in [1.29, 1.82) is 0 Å². The summed E-state index contributed by atoms with van der Waals surface area (Å²) in [6, 6.07) is 10.4. The molecule has 0 bridgehead atoms. The second kappa shape index (κ2) is 16.1. The minimum atomic E-state index is -2.65. The Hall–Kier alpha value is -1.29. The van der Waals surface area contributed by atoms with Crippen LogP contribution in [0.1, 0.15) is 18.9 Å². The fourth-order valence-corrected chi connectivity index (χ4v) is 1.12. The van der Waals surface area contributed by atoms with Gasteiger partial charge in [-0.3, -0.25) is 9.59 Å². The van der Waals surface area contributed by atoms with Crippen molar-refractivity contribution in [2.75, 3.05) is 6.61 Å². The molecule has 22 heavy (non-hydrogen) atoms. The summed E-state index contributed by atoms with van der Waals surface area (Å²) in [5, 5.41) is 2.30. The average Bonchev–Trinajstić information content (AvgIpc) is 2.38. The van der Waals surface area contributed by atoms with Gasteiger partial charge in [0.05, 0.1) is 6.42 Å². The number of ether oxygens (including phenoxy) is 1. The van der Waals surface area contributed by atoms with E-state index < -0.39 is 25.0 Å². The molecule has 0 heterocycles. The van der Waals surface area contributed by atoms with Crippen molar-refractivity contribution >= 4 is 12.4 Å². The maximum Gasteiger partial charge on any atom is 2.00 e. The number of alkyl halides is 2. The molecule has 0 radical (unpaired) electrons. The number of esters is 1. The molecule has 0 aliphatic carbocycles. The van der Waals surface area contributed by atoms with E-state index >= 15 is 0 Å². The van der Waals surface area contributed by atoms with Crippen LogP contribution in [0.5, 0.6) is 0 Å². The minimum Gasteiger partial charge on any atom is -0.460 e. The maximum absolute atomic E-state index is 11.5. The number of benzene rings is 1. The molecule has 0 aliphatic heterocycles. The van der Waals surface area contributed by atoms with Crippen LogP contribution in [0.3, 0.4) is 0 Å². The monoisotopic (exact) mass is 485 g/mol. The third-order valence-corrected chi connectivity index (χ3v) is 2.06. The molecule has 0 aromatic heterocycles. The second-order valence-electron chi connectivity index (χ2n) is 4.04. The number of halogens is 2. The van der Waals surface area contributed by atoms with Crippen molar-refractivity contribution < 1.29 is 44.2 Å². The van der Waals surface area contributed by atoms with Crippen molar-refractivity contribution in [2.45, 2.75) is 32.7 Å². The van der Waals surface area contributed by atoms with Crippen molar-refractivity contribution in [3.8, 4) is 0 Å². The van der Waals surface area contributed by atoms with Gasteiger partial charge in [-0.25, -0.2) is 8.78 Å². The Labute approximate surface area is 144 Å². The third kappa shape index (κ3) is 16.8. The number of aryl methyl sites for hydroxylation is 1. The minimum absolute atomic E-state index is 0. The quantitative estimate of drug-likeness (QED) is 0.383. The number of nitrogens with one attached hydrogen (secondary N) is 1.